The predicted molar refractivity (Wildman–Crippen MR) is 73.3 cm³/mol. The number of ether oxygens (including phenoxy) is 1. The monoisotopic (exact) mass is 235 g/mol. The quantitative estimate of drug-likeness (QED) is 0.782. The molecule has 2 atom stereocenters. The summed E-state index contributed by atoms with van der Waals surface area (Å²) in [4.78, 5) is 0. The molecule has 0 radical (unpaired) electrons. The third-order valence-corrected chi connectivity index (χ3v) is 3.10. The number of benzene rings is 1. The Hall–Kier alpha value is -0.860. The molecule has 1 rings (SSSR count). The Balaban J connectivity index is 2.65. The summed E-state index contributed by atoms with van der Waals surface area (Å²) in [5.74, 6) is 0. The molecule has 0 saturated heterocycles. The van der Waals surface area contributed by atoms with Crippen molar-refractivity contribution in [3.05, 3.63) is 35.4 Å². The van der Waals surface area contributed by atoms with Crippen LogP contribution in [0.1, 0.15) is 44.4 Å². The van der Waals surface area contributed by atoms with Crippen molar-refractivity contribution in [1.29, 1.82) is 0 Å². The number of methoxy groups -OCH3 is 1. The minimum Gasteiger partial charge on any atom is -0.383 e. The number of hydrogen-bond acceptors (Lipinski definition) is 2. The van der Waals surface area contributed by atoms with Crippen LogP contribution in [-0.4, -0.2) is 19.8 Å². The average Bonchev–Trinajstić information content (AvgIpc) is 2.36. The summed E-state index contributed by atoms with van der Waals surface area (Å²) >= 11 is 0. The largest absolute Gasteiger partial charge is 0.383 e. The fourth-order valence-electron chi connectivity index (χ4n) is 2.08. The maximum absolute atomic E-state index is 5.16. The molecule has 17 heavy (non-hydrogen) atoms. The first kappa shape index (κ1) is 14.2. The third kappa shape index (κ3) is 4.49. The zero-order valence-electron chi connectivity index (χ0n) is 11.5. The van der Waals surface area contributed by atoms with E-state index < -0.39 is 0 Å². The highest BCUT2D eigenvalue weighted by molar-refractivity contribution is 5.25. The van der Waals surface area contributed by atoms with Gasteiger partial charge in [0.15, 0.2) is 0 Å². The van der Waals surface area contributed by atoms with Gasteiger partial charge in [0.2, 0.25) is 0 Å². The highest BCUT2D eigenvalue weighted by atomic mass is 16.5. The van der Waals surface area contributed by atoms with Gasteiger partial charge < -0.3 is 10.1 Å². The second-order valence-electron chi connectivity index (χ2n) is 4.58. The van der Waals surface area contributed by atoms with E-state index in [1.54, 1.807) is 7.11 Å². The molecule has 2 unspecified atom stereocenters. The van der Waals surface area contributed by atoms with E-state index in [-0.39, 0.29) is 0 Å². The molecule has 0 bridgehead atoms. The minimum atomic E-state index is 0.385. The summed E-state index contributed by atoms with van der Waals surface area (Å²) < 4.78 is 5.16. The minimum absolute atomic E-state index is 0.385. The molecule has 0 amide bonds. The molecule has 0 spiro atoms. The van der Waals surface area contributed by atoms with Crippen LogP contribution in [0.25, 0.3) is 0 Å². The average molecular weight is 235 g/mol. The van der Waals surface area contributed by atoms with Gasteiger partial charge in [-0.15, -0.1) is 0 Å². The molecule has 0 saturated carbocycles. The molecule has 0 fully saturated rings. The Bertz CT molecular complexity index is 307. The van der Waals surface area contributed by atoms with E-state index >= 15 is 0 Å². The lowest BCUT2D eigenvalue weighted by Crippen LogP contribution is -2.33. The molecule has 1 aromatic carbocycles. The Morgan fingerprint density at radius 3 is 2.29 bits per heavy atom. The second kappa shape index (κ2) is 7.46. The molecular formula is C15H25NO. The van der Waals surface area contributed by atoms with Crippen molar-refractivity contribution in [1.82, 2.24) is 5.32 Å². The van der Waals surface area contributed by atoms with Crippen molar-refractivity contribution in [2.75, 3.05) is 13.7 Å². The number of aryl methyl sites for hydroxylation is 1. The van der Waals surface area contributed by atoms with Crippen LogP contribution in [0.3, 0.4) is 0 Å². The maximum atomic E-state index is 5.16. The Morgan fingerprint density at radius 2 is 1.82 bits per heavy atom. The van der Waals surface area contributed by atoms with E-state index in [9.17, 15) is 0 Å². The van der Waals surface area contributed by atoms with Crippen LogP contribution in [-0.2, 0) is 11.2 Å². The Kier molecular flexibility index (Phi) is 6.23. The predicted octanol–water partition coefficient (Wildman–Crippen LogP) is 3.32. The molecule has 96 valence electrons. The number of rotatable bonds is 7. The van der Waals surface area contributed by atoms with Gasteiger partial charge in [-0.25, -0.2) is 0 Å². The first-order valence-corrected chi connectivity index (χ1v) is 6.55. The van der Waals surface area contributed by atoms with Gasteiger partial charge >= 0.3 is 0 Å². The second-order valence-corrected chi connectivity index (χ2v) is 4.58. The molecule has 0 aliphatic carbocycles. The Morgan fingerprint density at radius 1 is 1.18 bits per heavy atom. The third-order valence-electron chi connectivity index (χ3n) is 3.10. The van der Waals surface area contributed by atoms with Crippen LogP contribution < -0.4 is 5.32 Å². The summed E-state index contributed by atoms with van der Waals surface area (Å²) in [6, 6.07) is 9.72. The highest BCUT2D eigenvalue weighted by Gasteiger charge is 2.11. The van der Waals surface area contributed by atoms with Gasteiger partial charge in [0.05, 0.1) is 6.61 Å². The molecule has 2 nitrogen and oxygen atoms in total. The normalized spacial score (nSPS) is 14.6. The van der Waals surface area contributed by atoms with Crippen LogP contribution >= 0.6 is 0 Å². The maximum Gasteiger partial charge on any atom is 0.0613 e. The van der Waals surface area contributed by atoms with Gasteiger partial charge in [-0.3, -0.25) is 0 Å². The van der Waals surface area contributed by atoms with Crippen LogP contribution in [0.4, 0.5) is 0 Å². The lowest BCUT2D eigenvalue weighted by atomic mass is 10.0. The fourth-order valence-corrected chi connectivity index (χ4v) is 2.08. The molecule has 1 N–H and O–H groups in total. The highest BCUT2D eigenvalue weighted by Crippen LogP contribution is 2.18. The number of nitrogens with one attached hydrogen (secondary N) is 1. The molecule has 0 aromatic heterocycles. The van der Waals surface area contributed by atoms with Gasteiger partial charge in [0.25, 0.3) is 0 Å². The first-order chi connectivity index (χ1) is 8.21. The van der Waals surface area contributed by atoms with Crippen molar-refractivity contribution < 1.29 is 4.74 Å². The molecule has 0 aliphatic heterocycles. The topological polar surface area (TPSA) is 21.3 Å². The SMILES string of the molecule is CCc1ccc(C(CC)NC(C)COC)cc1. The molecule has 0 heterocycles. The van der Waals surface area contributed by atoms with Gasteiger partial charge in [-0.1, -0.05) is 38.1 Å². The molecule has 1 aromatic rings. The van der Waals surface area contributed by atoms with Crippen molar-refractivity contribution >= 4 is 0 Å². The van der Waals surface area contributed by atoms with E-state index in [4.69, 9.17) is 4.74 Å². The summed E-state index contributed by atoms with van der Waals surface area (Å²) in [6.45, 7) is 7.31. The number of hydrogen-bond donors (Lipinski definition) is 1. The zero-order chi connectivity index (χ0) is 12.7. The Labute approximate surface area is 105 Å². The zero-order valence-corrected chi connectivity index (χ0v) is 11.5. The summed E-state index contributed by atoms with van der Waals surface area (Å²) in [6.07, 6.45) is 2.20. The van der Waals surface area contributed by atoms with E-state index in [0.717, 1.165) is 19.4 Å². The lowest BCUT2D eigenvalue weighted by Gasteiger charge is -2.22. The summed E-state index contributed by atoms with van der Waals surface area (Å²) in [5, 5.41) is 3.60. The van der Waals surface area contributed by atoms with Gasteiger partial charge in [-0.05, 0) is 30.9 Å². The molecule has 0 aliphatic rings. The molecular weight excluding hydrogens is 210 g/mol. The smallest absolute Gasteiger partial charge is 0.0613 e. The van der Waals surface area contributed by atoms with Crippen LogP contribution in [0.5, 0.6) is 0 Å². The van der Waals surface area contributed by atoms with E-state index in [1.165, 1.54) is 11.1 Å². The van der Waals surface area contributed by atoms with Crippen molar-refractivity contribution in [3.8, 4) is 0 Å². The van der Waals surface area contributed by atoms with E-state index in [2.05, 4.69) is 50.4 Å². The van der Waals surface area contributed by atoms with E-state index in [1.807, 2.05) is 0 Å². The first-order valence-electron chi connectivity index (χ1n) is 6.55. The van der Waals surface area contributed by atoms with Gasteiger partial charge in [-0.2, -0.15) is 0 Å². The van der Waals surface area contributed by atoms with Crippen molar-refractivity contribution in [2.45, 2.75) is 45.7 Å². The molecule has 2 heteroatoms. The van der Waals surface area contributed by atoms with Gasteiger partial charge in [0.1, 0.15) is 0 Å². The van der Waals surface area contributed by atoms with Gasteiger partial charge in [0, 0.05) is 19.2 Å². The summed E-state index contributed by atoms with van der Waals surface area (Å²) in [5.41, 5.74) is 2.76. The summed E-state index contributed by atoms with van der Waals surface area (Å²) in [7, 11) is 1.75. The van der Waals surface area contributed by atoms with Crippen molar-refractivity contribution in [2.24, 2.45) is 0 Å². The fraction of sp³-hybridized carbons (Fsp3) is 0.600. The van der Waals surface area contributed by atoms with Crippen molar-refractivity contribution in [3.63, 3.8) is 0 Å². The van der Waals surface area contributed by atoms with Crippen LogP contribution in [0.15, 0.2) is 24.3 Å². The standard InChI is InChI=1S/C15H25NO/c1-5-13-7-9-14(10-8-13)15(6-2)16-12(3)11-17-4/h7-10,12,15-16H,5-6,11H2,1-4H3. The van der Waals surface area contributed by atoms with Crippen LogP contribution in [0.2, 0.25) is 0 Å². The lowest BCUT2D eigenvalue weighted by molar-refractivity contribution is 0.166. The van der Waals surface area contributed by atoms with E-state index in [0.29, 0.717) is 12.1 Å². The van der Waals surface area contributed by atoms with Crippen LogP contribution in [0, 0.1) is 0 Å².